The van der Waals surface area contributed by atoms with Crippen molar-refractivity contribution in [3.8, 4) is 11.5 Å². The summed E-state index contributed by atoms with van der Waals surface area (Å²) in [5.41, 5.74) is 2.24. The van der Waals surface area contributed by atoms with E-state index in [0.29, 0.717) is 12.0 Å². The number of carbonyl (C=O) groups is 2. The van der Waals surface area contributed by atoms with Gasteiger partial charge in [-0.05, 0) is 83.9 Å². The molecule has 0 amide bonds. The van der Waals surface area contributed by atoms with Gasteiger partial charge in [-0.25, -0.2) is 14.4 Å². The van der Waals surface area contributed by atoms with Crippen LogP contribution in [0.3, 0.4) is 0 Å². The highest BCUT2D eigenvalue weighted by molar-refractivity contribution is 7.74. The molecule has 0 bridgehead atoms. The molecule has 2 N–H and O–H groups in total. The van der Waals surface area contributed by atoms with Crippen LogP contribution in [0.2, 0.25) is 0 Å². The molecule has 0 fully saturated rings. The van der Waals surface area contributed by atoms with Crippen LogP contribution < -0.4 is 9.61 Å². The van der Waals surface area contributed by atoms with Crippen molar-refractivity contribution in [2.45, 2.75) is 92.0 Å². The number of hydrogen-bond acceptors (Lipinski definition) is 7. The third-order valence-electron chi connectivity index (χ3n) is 6.70. The molecule has 8 nitrogen and oxygen atoms in total. The molecule has 1 aromatic carbocycles. The molecule has 4 atom stereocenters. The molecular formula is C29H44NO7P. The van der Waals surface area contributed by atoms with Crippen molar-refractivity contribution >= 4 is 19.2 Å². The number of phenols is 1. The second-order valence-electron chi connectivity index (χ2n) is 9.96. The standard InChI is InChI=1S/C29H44NO7P/c1-8-11-12-13-22-17-25(31)27(24-16-20(6)14-15-23(24)19(4)5)26(18-22)37-38(34,29(33)36-10-3)30-21(7)28(32)35-9-2/h16-18,21,23-24,31H,4,8-15H2,1-3,5-7H3,(H,30,34)/t21-,23-,24+,38?/m0/s1. The van der Waals surface area contributed by atoms with E-state index in [0.717, 1.165) is 48.8 Å². The van der Waals surface area contributed by atoms with Gasteiger partial charge in [0.15, 0.2) is 0 Å². The summed E-state index contributed by atoms with van der Waals surface area (Å²) in [4.78, 5) is 25.3. The summed E-state index contributed by atoms with van der Waals surface area (Å²) in [6, 6.07) is 2.35. The molecule has 38 heavy (non-hydrogen) atoms. The zero-order valence-electron chi connectivity index (χ0n) is 23.7. The van der Waals surface area contributed by atoms with Crippen molar-refractivity contribution in [3.63, 3.8) is 0 Å². The van der Waals surface area contributed by atoms with Crippen molar-refractivity contribution in [1.29, 1.82) is 0 Å². The number of phenolic OH excluding ortho intramolecular Hbond substituents is 1. The SMILES string of the molecule is C=C(C)[C@@H]1CCC(C)=C[C@H]1c1c(O)cc(CCCCC)cc1OP(=O)(N[C@@H](C)C(=O)OCC)C(=O)OCC. The highest BCUT2D eigenvalue weighted by Crippen LogP contribution is 2.52. The Morgan fingerprint density at radius 2 is 1.87 bits per heavy atom. The predicted octanol–water partition coefficient (Wildman–Crippen LogP) is 7.41. The number of hydrogen-bond donors (Lipinski definition) is 2. The summed E-state index contributed by atoms with van der Waals surface area (Å²) in [5, 5.41) is 13.9. The lowest BCUT2D eigenvalue weighted by Gasteiger charge is -2.33. The highest BCUT2D eigenvalue weighted by atomic mass is 31.2. The zero-order valence-corrected chi connectivity index (χ0v) is 24.6. The van der Waals surface area contributed by atoms with E-state index < -0.39 is 25.2 Å². The van der Waals surface area contributed by atoms with Crippen LogP contribution in [0.25, 0.3) is 0 Å². The van der Waals surface area contributed by atoms with E-state index in [9.17, 15) is 19.3 Å². The fourth-order valence-electron chi connectivity index (χ4n) is 4.75. The molecule has 0 spiro atoms. The number of allylic oxidation sites excluding steroid dienone is 3. The molecule has 212 valence electrons. The van der Waals surface area contributed by atoms with Crippen molar-refractivity contribution < 1.29 is 33.3 Å². The van der Waals surface area contributed by atoms with Crippen LogP contribution >= 0.6 is 7.52 Å². The molecule has 1 unspecified atom stereocenters. The number of aromatic hydroxyl groups is 1. The zero-order chi connectivity index (χ0) is 28.5. The van der Waals surface area contributed by atoms with E-state index >= 15 is 0 Å². The Labute approximate surface area is 227 Å². The molecule has 0 radical (unpaired) electrons. The van der Waals surface area contributed by atoms with E-state index in [1.807, 2.05) is 13.8 Å². The average molecular weight is 550 g/mol. The Morgan fingerprint density at radius 3 is 2.47 bits per heavy atom. The normalized spacial score (nSPS) is 19.6. The number of ether oxygens (including phenoxy) is 2. The topological polar surface area (TPSA) is 111 Å². The van der Waals surface area contributed by atoms with E-state index in [2.05, 4.69) is 24.7 Å². The van der Waals surface area contributed by atoms with Gasteiger partial charge in [0.05, 0.1) is 13.2 Å². The van der Waals surface area contributed by atoms with Crippen LogP contribution in [0.15, 0.2) is 35.9 Å². The van der Waals surface area contributed by atoms with Gasteiger partial charge < -0.3 is 19.1 Å². The summed E-state index contributed by atoms with van der Waals surface area (Å²) in [6.07, 6.45) is 7.45. The molecule has 0 heterocycles. The van der Waals surface area contributed by atoms with Crippen molar-refractivity contribution in [2.24, 2.45) is 5.92 Å². The van der Waals surface area contributed by atoms with Gasteiger partial charge in [-0.1, -0.05) is 43.6 Å². The lowest BCUT2D eigenvalue weighted by atomic mass is 9.73. The monoisotopic (exact) mass is 549 g/mol. The molecule has 0 aromatic heterocycles. The Morgan fingerprint density at radius 1 is 1.18 bits per heavy atom. The van der Waals surface area contributed by atoms with Crippen LogP contribution in [-0.4, -0.2) is 36.0 Å². The number of nitrogens with one attached hydrogen (secondary N) is 1. The maximum atomic E-state index is 14.1. The first kappa shape index (κ1) is 31.6. The van der Waals surface area contributed by atoms with Gasteiger partial charge >= 0.3 is 19.2 Å². The summed E-state index contributed by atoms with van der Waals surface area (Å²) in [7, 11) is -4.46. The van der Waals surface area contributed by atoms with E-state index in [1.165, 1.54) is 6.92 Å². The predicted molar refractivity (Wildman–Crippen MR) is 150 cm³/mol. The first-order chi connectivity index (χ1) is 18.0. The Kier molecular flexibility index (Phi) is 12.1. The smallest absolute Gasteiger partial charge is 0.424 e. The quantitative estimate of drug-likeness (QED) is 0.107. The van der Waals surface area contributed by atoms with Crippen LogP contribution in [0.1, 0.15) is 90.7 Å². The fraction of sp³-hybridized carbons (Fsp3) is 0.586. The Balaban J connectivity index is 2.66. The van der Waals surface area contributed by atoms with Crippen molar-refractivity contribution in [2.75, 3.05) is 13.2 Å². The van der Waals surface area contributed by atoms with Gasteiger partial charge in [0, 0.05) is 11.5 Å². The number of carbonyl (C=O) groups excluding carboxylic acids is 2. The first-order valence-electron chi connectivity index (χ1n) is 13.6. The summed E-state index contributed by atoms with van der Waals surface area (Å²) in [5.74, 6) is -0.820. The third kappa shape index (κ3) is 8.21. The number of rotatable bonds is 14. The highest BCUT2D eigenvalue weighted by Gasteiger charge is 2.42. The van der Waals surface area contributed by atoms with Gasteiger partial charge in [-0.2, -0.15) is 0 Å². The van der Waals surface area contributed by atoms with E-state index in [-0.39, 0.29) is 36.5 Å². The van der Waals surface area contributed by atoms with Crippen molar-refractivity contribution in [3.05, 3.63) is 47.1 Å². The lowest BCUT2D eigenvalue weighted by Crippen LogP contribution is -2.36. The molecule has 0 aliphatic heterocycles. The van der Waals surface area contributed by atoms with Gasteiger partial charge in [0.25, 0.3) is 0 Å². The van der Waals surface area contributed by atoms with Crippen LogP contribution in [0, 0.1) is 5.92 Å². The third-order valence-corrected chi connectivity index (χ3v) is 8.49. The van der Waals surface area contributed by atoms with E-state index in [1.54, 1.807) is 26.0 Å². The first-order valence-corrected chi connectivity index (χ1v) is 15.2. The molecule has 9 heteroatoms. The molecule has 0 saturated heterocycles. The van der Waals surface area contributed by atoms with Crippen molar-refractivity contribution in [1.82, 2.24) is 5.09 Å². The molecule has 1 aliphatic carbocycles. The second kappa shape index (κ2) is 14.5. The molecule has 1 aliphatic rings. The number of aryl methyl sites for hydroxylation is 1. The molecule has 0 saturated carbocycles. The molecular weight excluding hydrogens is 505 g/mol. The van der Waals surface area contributed by atoms with Crippen LogP contribution in [-0.2, 0) is 25.3 Å². The Bertz CT molecular complexity index is 1080. The maximum absolute atomic E-state index is 14.1. The van der Waals surface area contributed by atoms with Gasteiger partial charge in [0.1, 0.15) is 17.5 Å². The summed E-state index contributed by atoms with van der Waals surface area (Å²) < 4.78 is 30.2. The van der Waals surface area contributed by atoms with Gasteiger partial charge in [0.2, 0.25) is 0 Å². The summed E-state index contributed by atoms with van der Waals surface area (Å²) >= 11 is 0. The minimum absolute atomic E-state index is 0.00467. The number of benzene rings is 1. The van der Waals surface area contributed by atoms with Gasteiger partial charge in [-0.15, -0.1) is 0 Å². The van der Waals surface area contributed by atoms with Crippen LogP contribution in [0.5, 0.6) is 11.5 Å². The fourth-order valence-corrected chi connectivity index (χ4v) is 6.32. The lowest BCUT2D eigenvalue weighted by molar-refractivity contribution is -0.144. The molecule has 2 rings (SSSR count). The van der Waals surface area contributed by atoms with E-state index in [4.69, 9.17) is 14.0 Å². The second-order valence-corrected chi connectivity index (χ2v) is 11.9. The number of unbranched alkanes of at least 4 members (excludes halogenated alkanes) is 2. The van der Waals surface area contributed by atoms with Crippen LogP contribution in [0.4, 0.5) is 4.79 Å². The minimum Gasteiger partial charge on any atom is -0.507 e. The molecule has 1 aromatic rings. The van der Waals surface area contributed by atoms with Gasteiger partial charge in [-0.3, -0.25) is 4.79 Å². The summed E-state index contributed by atoms with van der Waals surface area (Å²) in [6.45, 7) is 15.0. The maximum Gasteiger partial charge on any atom is 0.424 e. The largest absolute Gasteiger partial charge is 0.507 e. The minimum atomic E-state index is -4.46. The Hall–Kier alpha value is -2.57. The number of esters is 1. The average Bonchev–Trinajstić information content (AvgIpc) is 2.84.